The van der Waals surface area contributed by atoms with E-state index in [0.29, 0.717) is 39.4 Å². The van der Waals surface area contributed by atoms with Gasteiger partial charge in [0.15, 0.2) is 5.76 Å². The Kier molecular flexibility index (Phi) is 6.76. The van der Waals surface area contributed by atoms with E-state index >= 15 is 0 Å². The van der Waals surface area contributed by atoms with Gasteiger partial charge in [0.25, 0.3) is 15.9 Å². The Labute approximate surface area is 164 Å². The average Bonchev–Trinajstić information content (AvgIpc) is 3.20. The highest BCUT2D eigenvalue weighted by atomic mass is 32.2. The molecule has 0 unspecified atom stereocenters. The molecular formula is C16H25N3O7S2. The maximum atomic E-state index is 12.5. The van der Waals surface area contributed by atoms with E-state index in [1.807, 2.05) is 0 Å². The normalized spacial score (nSPS) is 20.1. The molecule has 0 bridgehead atoms. The minimum atomic E-state index is -3.76. The number of nitrogens with one attached hydrogen (secondary N) is 1. The molecule has 2 saturated heterocycles. The van der Waals surface area contributed by atoms with Crippen LogP contribution in [0, 0.1) is 0 Å². The zero-order valence-corrected chi connectivity index (χ0v) is 17.1. The molecule has 0 aliphatic carbocycles. The molecule has 2 aliphatic heterocycles. The number of ether oxygens (including phenoxy) is 1. The minimum absolute atomic E-state index is 0.104. The number of morpholine rings is 1. The molecule has 1 amide bonds. The Balaban J connectivity index is 1.55. The first-order valence-electron chi connectivity index (χ1n) is 9.24. The van der Waals surface area contributed by atoms with Gasteiger partial charge in [-0.25, -0.2) is 16.8 Å². The number of hydrogen-bond acceptors (Lipinski definition) is 7. The first-order chi connectivity index (χ1) is 13.3. The summed E-state index contributed by atoms with van der Waals surface area (Å²) in [4.78, 5) is 12.2. The second-order valence-corrected chi connectivity index (χ2v) is 10.6. The van der Waals surface area contributed by atoms with Crippen molar-refractivity contribution in [3.63, 3.8) is 0 Å². The summed E-state index contributed by atoms with van der Waals surface area (Å²) in [5.41, 5.74) is 0. The fourth-order valence-corrected chi connectivity index (χ4v) is 5.90. The van der Waals surface area contributed by atoms with Gasteiger partial charge in [-0.2, -0.15) is 8.61 Å². The van der Waals surface area contributed by atoms with Crippen molar-refractivity contribution in [2.75, 3.05) is 51.7 Å². The van der Waals surface area contributed by atoms with Crippen LogP contribution in [-0.4, -0.2) is 83.0 Å². The van der Waals surface area contributed by atoms with Crippen LogP contribution in [0.2, 0.25) is 0 Å². The van der Waals surface area contributed by atoms with Crippen LogP contribution in [0.1, 0.15) is 29.8 Å². The highest BCUT2D eigenvalue weighted by Gasteiger charge is 2.30. The van der Waals surface area contributed by atoms with Crippen LogP contribution in [0.5, 0.6) is 0 Å². The van der Waals surface area contributed by atoms with E-state index in [0.717, 1.165) is 19.3 Å². The number of rotatable bonds is 7. The molecule has 0 saturated carbocycles. The highest BCUT2D eigenvalue weighted by molar-refractivity contribution is 7.89. The quantitative estimate of drug-likeness (QED) is 0.631. The first kappa shape index (κ1) is 21.2. The van der Waals surface area contributed by atoms with Gasteiger partial charge in [0.2, 0.25) is 15.1 Å². The zero-order chi connectivity index (χ0) is 20.2. The van der Waals surface area contributed by atoms with Gasteiger partial charge >= 0.3 is 0 Å². The van der Waals surface area contributed by atoms with E-state index in [9.17, 15) is 21.6 Å². The van der Waals surface area contributed by atoms with Crippen molar-refractivity contribution in [2.45, 2.75) is 24.4 Å². The van der Waals surface area contributed by atoms with Crippen molar-refractivity contribution < 1.29 is 30.8 Å². The van der Waals surface area contributed by atoms with Gasteiger partial charge in [0, 0.05) is 32.7 Å². The van der Waals surface area contributed by atoms with E-state index < -0.39 is 26.0 Å². The van der Waals surface area contributed by atoms with Gasteiger partial charge in [-0.05, 0) is 25.0 Å². The predicted octanol–water partition coefficient (Wildman–Crippen LogP) is -0.154. The summed E-state index contributed by atoms with van der Waals surface area (Å²) in [6.45, 7) is 2.07. The number of piperidine rings is 1. The van der Waals surface area contributed by atoms with Crippen LogP contribution in [0.15, 0.2) is 21.6 Å². The predicted molar refractivity (Wildman–Crippen MR) is 99.8 cm³/mol. The number of carbonyl (C=O) groups is 1. The van der Waals surface area contributed by atoms with Crippen molar-refractivity contribution in [3.05, 3.63) is 17.9 Å². The minimum Gasteiger partial charge on any atom is -0.438 e. The van der Waals surface area contributed by atoms with Crippen LogP contribution >= 0.6 is 0 Å². The van der Waals surface area contributed by atoms with Gasteiger partial charge < -0.3 is 14.5 Å². The highest BCUT2D eigenvalue weighted by Crippen LogP contribution is 2.22. The molecule has 3 rings (SSSR count). The molecule has 2 aliphatic rings. The second-order valence-electron chi connectivity index (χ2n) is 6.67. The Morgan fingerprint density at radius 2 is 1.64 bits per heavy atom. The lowest BCUT2D eigenvalue weighted by Crippen LogP contribution is -2.43. The molecule has 0 spiro atoms. The van der Waals surface area contributed by atoms with E-state index in [2.05, 4.69) is 5.32 Å². The molecule has 158 valence electrons. The molecule has 28 heavy (non-hydrogen) atoms. The third-order valence-corrected chi connectivity index (χ3v) is 8.37. The van der Waals surface area contributed by atoms with Crippen molar-refractivity contribution in [1.82, 2.24) is 13.9 Å². The zero-order valence-electron chi connectivity index (χ0n) is 15.5. The van der Waals surface area contributed by atoms with Crippen LogP contribution in [-0.2, 0) is 24.8 Å². The van der Waals surface area contributed by atoms with Crippen molar-refractivity contribution in [1.29, 1.82) is 0 Å². The van der Waals surface area contributed by atoms with Gasteiger partial charge in [-0.1, -0.05) is 6.42 Å². The lowest BCUT2D eigenvalue weighted by Gasteiger charge is -2.25. The maximum absolute atomic E-state index is 12.5. The second kappa shape index (κ2) is 8.91. The molecule has 0 radical (unpaired) electrons. The number of sulfonamides is 2. The molecule has 3 heterocycles. The number of hydrogen-bond donors (Lipinski definition) is 1. The first-order valence-corrected chi connectivity index (χ1v) is 12.3. The average molecular weight is 436 g/mol. The summed E-state index contributed by atoms with van der Waals surface area (Å²) < 4.78 is 62.6. The SMILES string of the molecule is O=C(NCCS(=O)(=O)N1CCOCC1)c1ccc(S(=O)(=O)N2CCCCC2)o1. The van der Waals surface area contributed by atoms with Gasteiger partial charge in [0.05, 0.1) is 19.0 Å². The Bertz CT molecular complexity index is 883. The monoisotopic (exact) mass is 435 g/mol. The topological polar surface area (TPSA) is 126 Å². The number of carbonyl (C=O) groups excluding carboxylic acids is 1. The largest absolute Gasteiger partial charge is 0.438 e. The fraction of sp³-hybridized carbons (Fsp3) is 0.688. The molecular weight excluding hydrogens is 410 g/mol. The Morgan fingerprint density at radius 3 is 2.32 bits per heavy atom. The van der Waals surface area contributed by atoms with Gasteiger partial charge in [0.1, 0.15) is 0 Å². The Hall–Kier alpha value is -1.47. The fourth-order valence-electron chi connectivity index (χ4n) is 3.15. The van der Waals surface area contributed by atoms with Gasteiger partial charge in [-0.3, -0.25) is 4.79 Å². The summed E-state index contributed by atoms with van der Waals surface area (Å²) in [5, 5.41) is 2.18. The molecule has 1 N–H and O–H groups in total. The molecule has 1 aromatic rings. The van der Waals surface area contributed by atoms with E-state index in [4.69, 9.17) is 9.15 Å². The summed E-state index contributed by atoms with van der Waals surface area (Å²) in [5.74, 6) is -1.07. The third kappa shape index (κ3) is 4.92. The Morgan fingerprint density at radius 1 is 0.964 bits per heavy atom. The van der Waals surface area contributed by atoms with E-state index in [1.165, 1.54) is 20.7 Å². The summed E-state index contributed by atoms with van der Waals surface area (Å²) >= 11 is 0. The van der Waals surface area contributed by atoms with Gasteiger partial charge in [-0.15, -0.1) is 0 Å². The third-order valence-electron chi connectivity index (χ3n) is 4.72. The molecule has 12 heteroatoms. The number of nitrogens with zero attached hydrogens (tertiary/aromatic N) is 2. The van der Waals surface area contributed by atoms with Crippen LogP contribution in [0.25, 0.3) is 0 Å². The van der Waals surface area contributed by atoms with Crippen molar-refractivity contribution >= 4 is 26.0 Å². The molecule has 10 nitrogen and oxygen atoms in total. The summed E-state index contributed by atoms with van der Waals surface area (Å²) in [6.07, 6.45) is 2.58. The van der Waals surface area contributed by atoms with Crippen LogP contribution < -0.4 is 5.32 Å². The molecule has 0 aromatic carbocycles. The van der Waals surface area contributed by atoms with Crippen molar-refractivity contribution in [3.8, 4) is 0 Å². The van der Waals surface area contributed by atoms with Crippen molar-refractivity contribution in [2.24, 2.45) is 0 Å². The van der Waals surface area contributed by atoms with E-state index in [-0.39, 0.29) is 23.2 Å². The summed E-state index contributed by atoms with van der Waals surface area (Å²) in [6, 6.07) is 2.53. The number of furan rings is 1. The van der Waals surface area contributed by atoms with Crippen LogP contribution in [0.3, 0.4) is 0 Å². The lowest BCUT2D eigenvalue weighted by atomic mass is 10.2. The molecule has 1 aromatic heterocycles. The maximum Gasteiger partial charge on any atom is 0.287 e. The lowest BCUT2D eigenvalue weighted by molar-refractivity contribution is 0.0730. The number of amides is 1. The molecule has 0 atom stereocenters. The standard InChI is InChI=1S/C16H25N3O7S2/c20-16(17-6-13-27(21,22)18-9-11-25-12-10-18)14-4-5-15(26-14)28(23,24)19-7-2-1-3-8-19/h4-5H,1-3,6-13H2,(H,17,20). The van der Waals surface area contributed by atoms with E-state index in [1.54, 1.807) is 0 Å². The van der Waals surface area contributed by atoms with Crippen LogP contribution in [0.4, 0.5) is 0 Å². The summed E-state index contributed by atoms with van der Waals surface area (Å²) in [7, 11) is -7.25. The smallest absolute Gasteiger partial charge is 0.287 e. The molecule has 2 fully saturated rings.